The molecule has 0 aliphatic carbocycles. The first-order chi connectivity index (χ1) is 11.7. The molecule has 1 aliphatic heterocycles. The minimum absolute atomic E-state index is 0.156. The fourth-order valence-corrected chi connectivity index (χ4v) is 2.86. The number of nitrogens with one attached hydrogen (secondary N) is 3. The molecule has 0 spiro atoms. The van der Waals surface area contributed by atoms with Crippen molar-refractivity contribution in [3.05, 3.63) is 59.7 Å². The Labute approximate surface area is 141 Å². The number of hydrogen-bond acceptors (Lipinski definition) is 5. The largest absolute Gasteiger partial charge is 0.493 e. The van der Waals surface area contributed by atoms with Gasteiger partial charge in [-0.3, -0.25) is 4.79 Å². The molecular weight excluding hydrogens is 306 g/mol. The summed E-state index contributed by atoms with van der Waals surface area (Å²) < 4.78 is 10.6. The number of amides is 1. The van der Waals surface area contributed by atoms with Crippen LogP contribution in [0.5, 0.6) is 11.5 Å². The van der Waals surface area contributed by atoms with Crippen molar-refractivity contribution in [2.45, 2.75) is 18.6 Å². The van der Waals surface area contributed by atoms with Gasteiger partial charge in [0, 0.05) is 12.5 Å². The van der Waals surface area contributed by atoms with Gasteiger partial charge in [-0.2, -0.15) is 0 Å². The molecule has 0 bridgehead atoms. The summed E-state index contributed by atoms with van der Waals surface area (Å²) in [5.74, 6) is 0.756. The Bertz CT molecular complexity index is 706. The first-order valence-electron chi connectivity index (χ1n) is 7.80. The first-order valence-corrected chi connectivity index (χ1v) is 7.80. The summed E-state index contributed by atoms with van der Waals surface area (Å²) in [6.45, 7) is 0. The van der Waals surface area contributed by atoms with E-state index in [9.17, 15) is 4.79 Å². The number of rotatable bonds is 5. The smallest absolute Gasteiger partial charge is 0.256 e. The van der Waals surface area contributed by atoms with Gasteiger partial charge in [0.15, 0.2) is 11.5 Å². The lowest BCUT2D eigenvalue weighted by atomic mass is 10.0. The van der Waals surface area contributed by atoms with Crippen LogP contribution in [-0.2, 0) is 0 Å². The molecule has 3 N–H and O–H groups in total. The van der Waals surface area contributed by atoms with Gasteiger partial charge in [-0.25, -0.2) is 10.9 Å². The topological polar surface area (TPSA) is 71.6 Å². The molecule has 6 heteroatoms. The highest BCUT2D eigenvalue weighted by Gasteiger charge is 2.27. The molecule has 6 nitrogen and oxygen atoms in total. The third-order valence-electron chi connectivity index (χ3n) is 4.06. The maximum Gasteiger partial charge on any atom is 0.256 e. The van der Waals surface area contributed by atoms with E-state index < -0.39 is 0 Å². The van der Waals surface area contributed by atoms with Gasteiger partial charge in [0.25, 0.3) is 5.91 Å². The molecule has 24 heavy (non-hydrogen) atoms. The highest BCUT2D eigenvalue weighted by molar-refractivity contribution is 5.98. The summed E-state index contributed by atoms with van der Waals surface area (Å²) in [5.41, 5.74) is 7.96. The van der Waals surface area contributed by atoms with Gasteiger partial charge in [-0.05, 0) is 17.7 Å². The predicted molar refractivity (Wildman–Crippen MR) is 90.9 cm³/mol. The van der Waals surface area contributed by atoms with E-state index in [2.05, 4.69) is 28.3 Å². The minimum Gasteiger partial charge on any atom is -0.493 e. The molecule has 1 heterocycles. The van der Waals surface area contributed by atoms with Crippen molar-refractivity contribution in [2.24, 2.45) is 0 Å². The second-order valence-electron chi connectivity index (χ2n) is 5.55. The monoisotopic (exact) mass is 327 g/mol. The Morgan fingerprint density at radius 1 is 1.04 bits per heavy atom. The highest BCUT2D eigenvalue weighted by atomic mass is 16.5. The van der Waals surface area contributed by atoms with Crippen molar-refractivity contribution >= 4 is 5.91 Å². The van der Waals surface area contributed by atoms with Gasteiger partial charge >= 0.3 is 0 Å². The molecule has 0 radical (unpaired) electrons. The van der Waals surface area contributed by atoms with Crippen LogP contribution in [0.25, 0.3) is 0 Å². The van der Waals surface area contributed by atoms with Crippen molar-refractivity contribution in [3.63, 3.8) is 0 Å². The van der Waals surface area contributed by atoms with E-state index in [4.69, 9.17) is 9.47 Å². The van der Waals surface area contributed by atoms with E-state index in [-0.39, 0.29) is 18.1 Å². The molecule has 2 aromatic rings. The molecular formula is C18H21N3O3. The Morgan fingerprint density at radius 3 is 2.54 bits per heavy atom. The van der Waals surface area contributed by atoms with Gasteiger partial charge in [0.2, 0.25) is 0 Å². The van der Waals surface area contributed by atoms with Gasteiger partial charge in [0.05, 0.1) is 25.9 Å². The number of carbonyl (C=O) groups excluding carboxylic acids is 1. The number of benzene rings is 2. The van der Waals surface area contributed by atoms with Crippen LogP contribution in [0.3, 0.4) is 0 Å². The van der Waals surface area contributed by atoms with Crippen molar-refractivity contribution in [3.8, 4) is 11.5 Å². The third-order valence-corrected chi connectivity index (χ3v) is 4.06. The Hall–Kier alpha value is -2.57. The number of hydrazine groups is 1. The van der Waals surface area contributed by atoms with E-state index in [1.165, 1.54) is 12.7 Å². The molecule has 2 unspecified atom stereocenters. The van der Waals surface area contributed by atoms with E-state index in [1.54, 1.807) is 25.3 Å². The SMILES string of the molecule is COc1cccc(C(=O)NC2CC(c3ccccc3)NN2)c1OC. The standard InChI is InChI=1S/C18H21N3O3/c1-23-15-10-6-9-13(17(15)24-2)18(22)19-16-11-14(20-21-16)12-7-4-3-5-8-12/h3-10,14,16,20-21H,11H2,1-2H3,(H,19,22). The van der Waals surface area contributed by atoms with Gasteiger partial charge in [-0.15, -0.1) is 0 Å². The average Bonchev–Trinajstić information content (AvgIpc) is 3.10. The molecule has 1 saturated heterocycles. The van der Waals surface area contributed by atoms with Crippen LogP contribution in [0.1, 0.15) is 28.4 Å². The fourth-order valence-electron chi connectivity index (χ4n) is 2.86. The summed E-state index contributed by atoms with van der Waals surface area (Å²) in [4.78, 5) is 12.6. The number of para-hydroxylation sites is 1. The Balaban J connectivity index is 1.68. The lowest BCUT2D eigenvalue weighted by Crippen LogP contribution is -2.44. The molecule has 1 amide bonds. The first kappa shape index (κ1) is 16.3. The molecule has 0 aromatic heterocycles. The summed E-state index contributed by atoms with van der Waals surface area (Å²) in [5, 5.41) is 2.97. The highest BCUT2D eigenvalue weighted by Crippen LogP contribution is 2.30. The lowest BCUT2D eigenvalue weighted by molar-refractivity contribution is 0.0928. The van der Waals surface area contributed by atoms with Crippen molar-refractivity contribution in [2.75, 3.05) is 14.2 Å². The normalized spacial score (nSPS) is 19.8. The van der Waals surface area contributed by atoms with Crippen LogP contribution in [-0.4, -0.2) is 26.3 Å². The maximum absolute atomic E-state index is 12.6. The van der Waals surface area contributed by atoms with E-state index in [1.807, 2.05) is 18.2 Å². The van der Waals surface area contributed by atoms with Crippen LogP contribution in [0, 0.1) is 0 Å². The van der Waals surface area contributed by atoms with Crippen LogP contribution in [0.15, 0.2) is 48.5 Å². The average molecular weight is 327 g/mol. The van der Waals surface area contributed by atoms with Crippen LogP contribution in [0.2, 0.25) is 0 Å². The second kappa shape index (κ2) is 7.33. The van der Waals surface area contributed by atoms with Crippen LogP contribution >= 0.6 is 0 Å². The maximum atomic E-state index is 12.6. The molecule has 3 rings (SSSR count). The van der Waals surface area contributed by atoms with Crippen LogP contribution in [0.4, 0.5) is 0 Å². The summed E-state index contributed by atoms with van der Waals surface area (Å²) >= 11 is 0. The quantitative estimate of drug-likeness (QED) is 0.783. The summed E-state index contributed by atoms with van der Waals surface area (Å²) in [7, 11) is 3.07. The zero-order valence-corrected chi connectivity index (χ0v) is 13.7. The molecule has 1 fully saturated rings. The van der Waals surface area contributed by atoms with E-state index >= 15 is 0 Å². The predicted octanol–water partition coefficient (Wildman–Crippen LogP) is 2.00. The Kier molecular flexibility index (Phi) is 4.98. The molecule has 126 valence electrons. The molecule has 2 aromatic carbocycles. The van der Waals surface area contributed by atoms with Crippen LogP contribution < -0.4 is 25.6 Å². The summed E-state index contributed by atoms with van der Waals surface area (Å²) in [6.07, 6.45) is 0.584. The van der Waals surface area contributed by atoms with E-state index in [0.717, 1.165) is 6.42 Å². The Morgan fingerprint density at radius 2 is 1.83 bits per heavy atom. The number of ether oxygens (including phenoxy) is 2. The summed E-state index contributed by atoms with van der Waals surface area (Å²) in [6, 6.07) is 15.5. The fraction of sp³-hybridized carbons (Fsp3) is 0.278. The van der Waals surface area contributed by atoms with E-state index in [0.29, 0.717) is 17.1 Å². The van der Waals surface area contributed by atoms with Crippen molar-refractivity contribution in [1.82, 2.24) is 16.2 Å². The van der Waals surface area contributed by atoms with Gasteiger partial charge < -0.3 is 14.8 Å². The molecule has 0 saturated carbocycles. The molecule has 2 atom stereocenters. The van der Waals surface area contributed by atoms with Crippen molar-refractivity contribution in [1.29, 1.82) is 0 Å². The zero-order chi connectivity index (χ0) is 16.9. The third kappa shape index (κ3) is 3.34. The minimum atomic E-state index is -0.209. The second-order valence-corrected chi connectivity index (χ2v) is 5.55. The van der Waals surface area contributed by atoms with Crippen molar-refractivity contribution < 1.29 is 14.3 Å². The zero-order valence-electron chi connectivity index (χ0n) is 13.7. The lowest BCUT2D eigenvalue weighted by Gasteiger charge is -2.15. The van der Waals surface area contributed by atoms with Gasteiger partial charge in [0.1, 0.15) is 0 Å². The van der Waals surface area contributed by atoms with Gasteiger partial charge in [-0.1, -0.05) is 36.4 Å². The molecule has 1 aliphatic rings. The number of hydrogen-bond donors (Lipinski definition) is 3. The number of carbonyl (C=O) groups is 1. The number of methoxy groups -OCH3 is 2.